The molecular formula is C17H24N2O4. The third kappa shape index (κ3) is 3.75. The number of phenolic OH excluding ortho intramolecular Hbond substituents is 1. The molecule has 0 spiro atoms. The van der Waals surface area contributed by atoms with E-state index in [0.717, 1.165) is 0 Å². The first-order valence-electron chi connectivity index (χ1n) is 7.73. The first-order chi connectivity index (χ1) is 10.6. The molecule has 0 aromatic heterocycles. The number of nitrogens with one attached hydrogen (secondary N) is 1. The zero-order valence-corrected chi connectivity index (χ0v) is 14.2. The maximum atomic E-state index is 12.6. The lowest BCUT2D eigenvalue weighted by Crippen LogP contribution is -2.50. The number of carbonyl (C=O) groups excluding carboxylic acids is 2. The fourth-order valence-electron chi connectivity index (χ4n) is 2.58. The van der Waals surface area contributed by atoms with Crippen molar-refractivity contribution in [2.45, 2.75) is 58.7 Å². The Kier molecular flexibility index (Phi) is 4.54. The molecule has 6 nitrogen and oxygen atoms in total. The van der Waals surface area contributed by atoms with Gasteiger partial charge in [-0.25, -0.2) is 4.79 Å². The van der Waals surface area contributed by atoms with Gasteiger partial charge in [-0.3, -0.25) is 9.69 Å². The first-order valence-corrected chi connectivity index (χ1v) is 7.73. The summed E-state index contributed by atoms with van der Waals surface area (Å²) in [6, 6.07) is 4.14. The topological polar surface area (TPSA) is 78.9 Å². The van der Waals surface area contributed by atoms with Gasteiger partial charge < -0.3 is 15.2 Å². The fourth-order valence-corrected chi connectivity index (χ4v) is 2.58. The molecule has 0 saturated heterocycles. The number of rotatable bonds is 2. The highest BCUT2D eigenvalue weighted by molar-refractivity contribution is 6.01. The number of anilines is 1. The Labute approximate surface area is 136 Å². The molecule has 126 valence electrons. The van der Waals surface area contributed by atoms with Crippen LogP contribution in [0.25, 0.3) is 0 Å². The molecule has 0 fully saturated rings. The number of amides is 2. The lowest BCUT2D eigenvalue weighted by atomic mass is 10.1. The summed E-state index contributed by atoms with van der Waals surface area (Å²) in [7, 11) is 0. The first kappa shape index (κ1) is 17.1. The highest BCUT2D eigenvalue weighted by Crippen LogP contribution is 2.38. The molecule has 23 heavy (non-hydrogen) atoms. The number of carbonyl (C=O) groups is 2. The van der Waals surface area contributed by atoms with Crippen LogP contribution in [0.4, 0.5) is 10.5 Å². The predicted molar refractivity (Wildman–Crippen MR) is 87.6 cm³/mol. The van der Waals surface area contributed by atoms with Gasteiger partial charge in [0.2, 0.25) is 5.91 Å². The maximum absolute atomic E-state index is 12.6. The predicted octanol–water partition coefficient (Wildman–Crippen LogP) is 2.58. The zero-order valence-electron chi connectivity index (χ0n) is 14.2. The van der Waals surface area contributed by atoms with Crippen LogP contribution in [0.2, 0.25) is 0 Å². The maximum Gasteiger partial charge on any atom is 0.415 e. The molecule has 1 aromatic rings. The second-order valence-corrected chi connectivity index (χ2v) is 7.01. The number of phenols is 1. The van der Waals surface area contributed by atoms with Gasteiger partial charge in [0.15, 0.2) is 0 Å². The minimum Gasteiger partial charge on any atom is -0.508 e. The lowest BCUT2D eigenvalue weighted by Gasteiger charge is -2.29. The van der Waals surface area contributed by atoms with Crippen LogP contribution in [-0.4, -0.2) is 34.8 Å². The van der Waals surface area contributed by atoms with Crippen molar-refractivity contribution in [1.29, 1.82) is 0 Å². The summed E-state index contributed by atoms with van der Waals surface area (Å²) in [5.74, 6) is -0.183. The molecular weight excluding hydrogens is 296 g/mol. The van der Waals surface area contributed by atoms with E-state index in [-0.39, 0.29) is 24.1 Å². The van der Waals surface area contributed by atoms with Crippen molar-refractivity contribution >= 4 is 17.7 Å². The van der Waals surface area contributed by atoms with E-state index in [4.69, 9.17) is 4.74 Å². The van der Waals surface area contributed by atoms with E-state index < -0.39 is 17.7 Å². The van der Waals surface area contributed by atoms with Gasteiger partial charge in [-0.05, 0) is 46.8 Å². The minimum absolute atomic E-state index is 0.0414. The second kappa shape index (κ2) is 6.10. The molecule has 1 aromatic carbocycles. The Morgan fingerprint density at radius 3 is 2.57 bits per heavy atom. The molecule has 1 atom stereocenters. The monoisotopic (exact) mass is 320 g/mol. The van der Waals surface area contributed by atoms with Gasteiger partial charge in [0.1, 0.15) is 17.4 Å². The number of fused-ring (bicyclic) bond motifs is 1. The van der Waals surface area contributed by atoms with Gasteiger partial charge in [-0.2, -0.15) is 0 Å². The van der Waals surface area contributed by atoms with Gasteiger partial charge in [0, 0.05) is 18.0 Å². The molecule has 0 bridgehead atoms. The van der Waals surface area contributed by atoms with Crippen molar-refractivity contribution in [3.05, 3.63) is 23.8 Å². The molecule has 0 saturated carbocycles. The highest BCUT2D eigenvalue weighted by atomic mass is 16.6. The van der Waals surface area contributed by atoms with Gasteiger partial charge in [0.25, 0.3) is 0 Å². The Bertz CT molecular complexity index is 620. The molecule has 0 radical (unpaired) electrons. The summed E-state index contributed by atoms with van der Waals surface area (Å²) in [5.41, 5.74) is 0.431. The molecule has 1 aliphatic rings. The van der Waals surface area contributed by atoms with Crippen molar-refractivity contribution < 1.29 is 19.4 Å². The van der Waals surface area contributed by atoms with Gasteiger partial charge in [-0.1, -0.05) is 6.07 Å². The van der Waals surface area contributed by atoms with E-state index in [2.05, 4.69) is 5.32 Å². The molecule has 1 aliphatic heterocycles. The Balaban J connectivity index is 2.37. The lowest BCUT2D eigenvalue weighted by molar-refractivity contribution is -0.122. The van der Waals surface area contributed by atoms with Crippen LogP contribution in [0.3, 0.4) is 0 Å². The molecule has 2 N–H and O–H groups in total. The van der Waals surface area contributed by atoms with E-state index in [1.165, 1.54) is 4.90 Å². The minimum atomic E-state index is -0.726. The van der Waals surface area contributed by atoms with Gasteiger partial charge in [-0.15, -0.1) is 0 Å². The number of benzene rings is 1. The zero-order chi connectivity index (χ0) is 17.4. The third-order valence-corrected chi connectivity index (χ3v) is 3.42. The Morgan fingerprint density at radius 2 is 2.00 bits per heavy atom. The largest absolute Gasteiger partial charge is 0.508 e. The van der Waals surface area contributed by atoms with E-state index >= 15 is 0 Å². The fraction of sp³-hybridized carbons (Fsp3) is 0.529. The quantitative estimate of drug-likeness (QED) is 0.878. The molecule has 1 heterocycles. The van der Waals surface area contributed by atoms with E-state index in [9.17, 15) is 14.7 Å². The van der Waals surface area contributed by atoms with Crippen LogP contribution >= 0.6 is 0 Å². The SMILES string of the molecule is CC(C)NC(=O)C1Cc2c(O)cccc2N1C(=O)OC(C)(C)C. The molecule has 2 amide bonds. The van der Waals surface area contributed by atoms with Crippen molar-refractivity contribution in [2.24, 2.45) is 0 Å². The molecule has 6 heteroatoms. The highest BCUT2D eigenvalue weighted by Gasteiger charge is 2.41. The number of hydrogen-bond acceptors (Lipinski definition) is 4. The van der Waals surface area contributed by atoms with Crippen molar-refractivity contribution in [2.75, 3.05) is 4.90 Å². The van der Waals surface area contributed by atoms with Crippen LogP contribution in [-0.2, 0) is 16.0 Å². The van der Waals surface area contributed by atoms with Gasteiger partial charge in [0.05, 0.1) is 5.69 Å². The summed E-state index contributed by atoms with van der Waals surface area (Å²) < 4.78 is 5.43. The van der Waals surface area contributed by atoms with Crippen LogP contribution in [0.5, 0.6) is 5.75 Å². The summed E-state index contributed by atoms with van der Waals surface area (Å²) in [6.07, 6.45) is -0.328. The van der Waals surface area contributed by atoms with Crippen LogP contribution in [0, 0.1) is 0 Å². The molecule has 2 rings (SSSR count). The van der Waals surface area contributed by atoms with E-state index in [1.54, 1.807) is 39.0 Å². The normalized spacial score (nSPS) is 17.1. The Hall–Kier alpha value is -2.24. The molecule has 0 aliphatic carbocycles. The smallest absolute Gasteiger partial charge is 0.415 e. The molecule has 1 unspecified atom stereocenters. The van der Waals surface area contributed by atoms with Crippen molar-refractivity contribution in [1.82, 2.24) is 5.32 Å². The van der Waals surface area contributed by atoms with E-state index in [1.807, 2.05) is 13.8 Å². The standard InChI is InChI=1S/C17H24N2O4/c1-10(2)18-15(21)13-9-11-12(7-6-8-14(11)20)19(13)16(22)23-17(3,4)5/h6-8,10,13,20H,9H2,1-5H3,(H,18,21). The average Bonchev–Trinajstić information content (AvgIpc) is 2.76. The van der Waals surface area contributed by atoms with E-state index in [0.29, 0.717) is 11.3 Å². The second-order valence-electron chi connectivity index (χ2n) is 7.01. The van der Waals surface area contributed by atoms with Crippen molar-refractivity contribution in [3.63, 3.8) is 0 Å². The summed E-state index contributed by atoms with van der Waals surface area (Å²) in [5, 5.41) is 12.9. The van der Waals surface area contributed by atoms with Gasteiger partial charge >= 0.3 is 6.09 Å². The van der Waals surface area contributed by atoms with Crippen LogP contribution < -0.4 is 10.2 Å². The summed E-state index contributed by atoms with van der Waals surface area (Å²) >= 11 is 0. The number of ether oxygens (including phenoxy) is 1. The third-order valence-electron chi connectivity index (χ3n) is 3.42. The van der Waals surface area contributed by atoms with Crippen molar-refractivity contribution in [3.8, 4) is 5.75 Å². The summed E-state index contributed by atoms with van der Waals surface area (Å²) in [4.78, 5) is 26.4. The van der Waals surface area contributed by atoms with Crippen LogP contribution in [0.15, 0.2) is 18.2 Å². The number of hydrogen-bond donors (Lipinski definition) is 2. The summed E-state index contributed by atoms with van der Waals surface area (Å²) in [6.45, 7) is 9.03. The average molecular weight is 320 g/mol. The van der Waals surface area contributed by atoms with Crippen LogP contribution in [0.1, 0.15) is 40.2 Å². The Morgan fingerprint density at radius 1 is 1.35 bits per heavy atom. The number of nitrogens with zero attached hydrogens (tertiary/aromatic N) is 1. The number of aromatic hydroxyl groups is 1.